The fraction of sp³-hybridized carbons (Fsp3) is 0.375. The van der Waals surface area contributed by atoms with Crippen LogP contribution in [0.25, 0.3) is 0 Å². The van der Waals surface area contributed by atoms with Gasteiger partial charge in [-0.1, -0.05) is 44.2 Å². The lowest BCUT2D eigenvalue weighted by Crippen LogP contribution is -2.62. The summed E-state index contributed by atoms with van der Waals surface area (Å²) in [6.07, 6.45) is 4.73. The Hall–Kier alpha value is -4.27. The van der Waals surface area contributed by atoms with Gasteiger partial charge in [-0.3, -0.25) is 24.9 Å². The highest BCUT2D eigenvalue weighted by Gasteiger charge is 2.43. The number of hydrogen-bond donors (Lipinski definition) is 3. The number of aromatic nitrogens is 1. The second kappa shape index (κ2) is 11.0. The molecule has 3 heterocycles. The molecular weight excluding hydrogens is 521 g/mol. The number of fused-ring (bicyclic) bond motifs is 1. The summed E-state index contributed by atoms with van der Waals surface area (Å²) in [6.45, 7) is 7.96. The van der Waals surface area contributed by atoms with Crippen molar-refractivity contribution in [2.45, 2.75) is 76.6 Å². The Labute approximate surface area is 239 Å². The summed E-state index contributed by atoms with van der Waals surface area (Å²) in [4.78, 5) is 32.6. The van der Waals surface area contributed by atoms with E-state index in [1.807, 2.05) is 52.0 Å². The van der Waals surface area contributed by atoms with E-state index in [0.29, 0.717) is 36.0 Å². The quantitative estimate of drug-likeness (QED) is 0.348. The first-order chi connectivity index (χ1) is 19.5. The lowest BCUT2D eigenvalue weighted by molar-refractivity contribution is -0.132. The average molecular weight is 558 g/mol. The zero-order chi connectivity index (χ0) is 29.4. The summed E-state index contributed by atoms with van der Waals surface area (Å²) >= 11 is 0. The molecule has 41 heavy (non-hydrogen) atoms. The second-order valence-corrected chi connectivity index (χ2v) is 11.5. The summed E-state index contributed by atoms with van der Waals surface area (Å²) in [6, 6.07) is 14.8. The van der Waals surface area contributed by atoms with E-state index in [4.69, 9.17) is 10.1 Å². The minimum Gasteiger partial charge on any atom is -0.487 e. The Morgan fingerprint density at radius 1 is 1.15 bits per heavy atom. The van der Waals surface area contributed by atoms with Crippen molar-refractivity contribution in [2.24, 2.45) is 0 Å². The van der Waals surface area contributed by atoms with Gasteiger partial charge in [0.2, 0.25) is 5.91 Å². The first-order valence-electron chi connectivity index (χ1n) is 14.0. The fourth-order valence-corrected chi connectivity index (χ4v) is 5.90. The van der Waals surface area contributed by atoms with Crippen molar-refractivity contribution in [3.8, 4) is 5.75 Å². The van der Waals surface area contributed by atoms with Crippen molar-refractivity contribution < 1.29 is 18.7 Å². The third-order valence-corrected chi connectivity index (χ3v) is 8.18. The Kier molecular flexibility index (Phi) is 7.55. The van der Waals surface area contributed by atoms with Gasteiger partial charge in [0.25, 0.3) is 5.91 Å². The van der Waals surface area contributed by atoms with Gasteiger partial charge >= 0.3 is 0 Å². The number of amides is 2. The predicted octanol–water partition coefficient (Wildman–Crippen LogP) is 5.66. The van der Waals surface area contributed by atoms with Gasteiger partial charge in [-0.15, -0.1) is 0 Å². The van der Waals surface area contributed by atoms with Gasteiger partial charge in [0, 0.05) is 34.8 Å². The molecular formula is C32H36FN5O3. The fourth-order valence-electron chi connectivity index (χ4n) is 5.90. The predicted molar refractivity (Wildman–Crippen MR) is 154 cm³/mol. The molecule has 0 aliphatic carbocycles. The maximum atomic E-state index is 14.4. The van der Waals surface area contributed by atoms with Crippen LogP contribution in [-0.2, 0) is 4.79 Å². The number of hydrogen-bond acceptors (Lipinski definition) is 5. The lowest BCUT2D eigenvalue weighted by Gasteiger charge is -2.45. The average Bonchev–Trinajstić information content (AvgIpc) is 2.94. The van der Waals surface area contributed by atoms with Gasteiger partial charge in [-0.2, -0.15) is 0 Å². The van der Waals surface area contributed by atoms with E-state index < -0.39 is 23.0 Å². The molecule has 2 aliphatic rings. The molecule has 3 N–H and O–H groups in total. The summed E-state index contributed by atoms with van der Waals surface area (Å²) in [5, 5.41) is 15.2. The maximum absolute atomic E-state index is 14.4. The van der Waals surface area contributed by atoms with Crippen molar-refractivity contribution in [3.63, 3.8) is 0 Å². The number of para-hydroxylation sites is 1. The number of nitrogens with zero attached hydrogens (tertiary/aromatic N) is 2. The van der Waals surface area contributed by atoms with Crippen LogP contribution < -0.4 is 15.4 Å². The van der Waals surface area contributed by atoms with Crippen LogP contribution in [0, 0.1) is 11.2 Å². The molecule has 0 saturated carbocycles. The molecule has 9 heteroatoms. The van der Waals surface area contributed by atoms with Gasteiger partial charge < -0.3 is 15.4 Å². The van der Waals surface area contributed by atoms with Crippen molar-refractivity contribution >= 4 is 17.8 Å². The van der Waals surface area contributed by atoms with Crippen molar-refractivity contribution in [2.75, 3.05) is 0 Å². The summed E-state index contributed by atoms with van der Waals surface area (Å²) in [7, 11) is 0. The molecule has 1 unspecified atom stereocenters. The van der Waals surface area contributed by atoms with Crippen LogP contribution in [-0.4, -0.2) is 38.8 Å². The van der Waals surface area contributed by atoms with Gasteiger partial charge in [-0.05, 0) is 56.5 Å². The largest absolute Gasteiger partial charge is 0.487 e. The minimum absolute atomic E-state index is 0.0601. The van der Waals surface area contributed by atoms with Crippen LogP contribution >= 0.6 is 0 Å². The SMILES string of the molecule is CCC1(CC)CC(=O)N(C(c2cncc(F)c2)c2cccc(C(=O)N[C@H]3CC(C)(C)Oc4ccccc43)c2)C(=N)N1. The molecule has 1 aromatic heterocycles. The maximum Gasteiger partial charge on any atom is 0.251 e. The standard InChI is InChI=1S/C32H36FN5O3/c1-5-32(6-2)17-27(39)38(30(34)37-32)28(22-15-23(33)19-35-18-22)20-10-9-11-21(14-20)29(40)36-25-16-31(3,4)41-26-13-8-7-12-24(25)26/h7-15,18-19,25,28H,5-6,16-17H2,1-4H3,(H2,34,37)(H,36,40)/t25-,28?/m0/s1. The van der Waals surface area contributed by atoms with Gasteiger partial charge in [-0.25, -0.2) is 4.39 Å². The number of halogens is 1. The van der Waals surface area contributed by atoms with E-state index in [0.717, 1.165) is 17.5 Å². The van der Waals surface area contributed by atoms with E-state index in [1.54, 1.807) is 24.3 Å². The number of carbonyl (C=O) groups is 2. The molecule has 5 rings (SSSR count). The van der Waals surface area contributed by atoms with E-state index >= 15 is 0 Å². The van der Waals surface area contributed by atoms with Crippen LogP contribution in [0.1, 0.15) is 92.5 Å². The number of ether oxygens (including phenoxy) is 1. The van der Waals surface area contributed by atoms with E-state index in [1.165, 1.54) is 17.2 Å². The Balaban J connectivity index is 1.49. The Morgan fingerprint density at radius 2 is 1.90 bits per heavy atom. The van der Waals surface area contributed by atoms with E-state index in [9.17, 15) is 14.0 Å². The smallest absolute Gasteiger partial charge is 0.251 e. The van der Waals surface area contributed by atoms with E-state index in [2.05, 4.69) is 15.6 Å². The lowest BCUT2D eigenvalue weighted by atomic mass is 9.85. The number of carbonyl (C=O) groups excluding carboxylic acids is 2. The number of guanidine groups is 1. The molecule has 2 amide bonds. The zero-order valence-corrected chi connectivity index (χ0v) is 23.8. The Morgan fingerprint density at radius 3 is 2.61 bits per heavy atom. The molecule has 2 aliphatic heterocycles. The number of rotatable bonds is 7. The summed E-state index contributed by atoms with van der Waals surface area (Å²) < 4.78 is 20.5. The number of benzene rings is 2. The van der Waals surface area contributed by atoms with E-state index in [-0.39, 0.29) is 30.2 Å². The third kappa shape index (κ3) is 5.66. The first kappa shape index (κ1) is 28.3. The molecule has 0 radical (unpaired) electrons. The van der Waals surface area contributed by atoms with Gasteiger partial charge in [0.1, 0.15) is 17.2 Å². The molecule has 0 spiro atoms. The van der Waals surface area contributed by atoms with Crippen LogP contribution in [0.2, 0.25) is 0 Å². The van der Waals surface area contributed by atoms with Gasteiger partial charge in [0.05, 0.1) is 24.7 Å². The number of nitrogens with one attached hydrogen (secondary N) is 3. The number of pyridine rings is 1. The van der Waals surface area contributed by atoms with Gasteiger partial charge in [0.15, 0.2) is 5.96 Å². The first-order valence-corrected chi connectivity index (χ1v) is 14.0. The Bertz CT molecular complexity index is 1470. The highest BCUT2D eigenvalue weighted by Crippen LogP contribution is 2.40. The van der Waals surface area contributed by atoms with Crippen molar-refractivity contribution in [1.29, 1.82) is 5.41 Å². The normalized spacial score (nSPS) is 19.9. The van der Waals surface area contributed by atoms with Crippen LogP contribution in [0.4, 0.5) is 4.39 Å². The van der Waals surface area contributed by atoms with Crippen LogP contribution in [0.5, 0.6) is 5.75 Å². The van der Waals surface area contributed by atoms with Crippen LogP contribution in [0.3, 0.4) is 0 Å². The minimum atomic E-state index is -0.854. The second-order valence-electron chi connectivity index (χ2n) is 11.5. The zero-order valence-electron chi connectivity index (χ0n) is 23.8. The molecule has 1 fully saturated rings. The highest BCUT2D eigenvalue weighted by atomic mass is 19.1. The molecule has 0 bridgehead atoms. The summed E-state index contributed by atoms with van der Waals surface area (Å²) in [5.41, 5.74) is 1.30. The molecule has 8 nitrogen and oxygen atoms in total. The molecule has 2 atom stereocenters. The molecule has 2 aromatic carbocycles. The highest BCUT2D eigenvalue weighted by molar-refractivity contribution is 6.00. The monoisotopic (exact) mass is 557 g/mol. The molecule has 214 valence electrons. The molecule has 1 saturated heterocycles. The molecule has 3 aromatic rings. The van der Waals surface area contributed by atoms with Crippen LogP contribution in [0.15, 0.2) is 67.0 Å². The van der Waals surface area contributed by atoms with Crippen molar-refractivity contribution in [3.05, 3.63) is 95.1 Å². The summed E-state index contributed by atoms with van der Waals surface area (Å²) in [5.74, 6) is -0.402. The topological polar surface area (TPSA) is 107 Å². The van der Waals surface area contributed by atoms with Crippen molar-refractivity contribution in [1.82, 2.24) is 20.5 Å². The third-order valence-electron chi connectivity index (χ3n) is 8.18.